The van der Waals surface area contributed by atoms with Crippen LogP contribution in [-0.2, 0) is 9.59 Å². The van der Waals surface area contributed by atoms with Crippen LogP contribution in [0.4, 0.5) is 0 Å². The number of rotatable bonds is 3. The Balaban J connectivity index is 2.32. The SMILES string of the molecule is CNC(=O)C1CC(O)CN1C(=O)[C@@H](n1ccnn1)C(C)(C)C. The predicted molar refractivity (Wildman–Crippen MR) is 78.7 cm³/mol. The molecule has 2 rings (SSSR count). The maximum atomic E-state index is 13.0. The van der Waals surface area contributed by atoms with Crippen LogP contribution in [0.5, 0.6) is 0 Å². The highest BCUT2D eigenvalue weighted by Crippen LogP contribution is 2.33. The lowest BCUT2D eigenvalue weighted by Crippen LogP contribution is -2.49. The summed E-state index contributed by atoms with van der Waals surface area (Å²) in [6.45, 7) is 5.94. The summed E-state index contributed by atoms with van der Waals surface area (Å²) < 4.78 is 1.51. The first-order valence-corrected chi connectivity index (χ1v) is 7.31. The van der Waals surface area contributed by atoms with E-state index in [0.717, 1.165) is 0 Å². The Bertz CT molecular complexity index is 537. The number of carbonyl (C=O) groups is 2. The van der Waals surface area contributed by atoms with Crippen LogP contribution >= 0.6 is 0 Å². The van der Waals surface area contributed by atoms with Crippen molar-refractivity contribution >= 4 is 11.8 Å². The number of aromatic nitrogens is 3. The average Bonchev–Trinajstić information content (AvgIpc) is 3.05. The molecular formula is C14H23N5O3. The van der Waals surface area contributed by atoms with Gasteiger partial charge in [-0.15, -0.1) is 5.10 Å². The molecule has 1 aromatic heterocycles. The van der Waals surface area contributed by atoms with Crippen molar-refractivity contribution in [3.8, 4) is 0 Å². The summed E-state index contributed by atoms with van der Waals surface area (Å²) in [4.78, 5) is 26.4. The molecule has 1 aliphatic heterocycles. The molecule has 0 spiro atoms. The van der Waals surface area contributed by atoms with Crippen LogP contribution in [0.15, 0.2) is 12.4 Å². The number of nitrogens with one attached hydrogen (secondary N) is 1. The summed E-state index contributed by atoms with van der Waals surface area (Å²) in [5.74, 6) is -0.501. The second-order valence-electron chi connectivity index (χ2n) is 6.66. The quantitative estimate of drug-likeness (QED) is 0.789. The summed E-state index contributed by atoms with van der Waals surface area (Å²) in [5, 5.41) is 20.1. The van der Waals surface area contributed by atoms with Gasteiger partial charge in [-0.2, -0.15) is 0 Å². The fourth-order valence-electron chi connectivity index (χ4n) is 2.87. The lowest BCUT2D eigenvalue weighted by molar-refractivity contribution is -0.144. The number of carbonyl (C=O) groups excluding carboxylic acids is 2. The molecule has 0 aromatic carbocycles. The summed E-state index contributed by atoms with van der Waals surface area (Å²) in [6.07, 6.45) is 2.71. The first-order valence-electron chi connectivity index (χ1n) is 7.31. The third-order valence-corrected chi connectivity index (χ3v) is 3.87. The van der Waals surface area contributed by atoms with Crippen LogP contribution in [-0.4, -0.2) is 62.6 Å². The normalized spacial score (nSPS) is 23.4. The number of nitrogens with zero attached hydrogens (tertiary/aromatic N) is 4. The molecule has 2 heterocycles. The Morgan fingerprint density at radius 1 is 1.41 bits per heavy atom. The number of hydrogen-bond acceptors (Lipinski definition) is 5. The van der Waals surface area contributed by atoms with E-state index in [2.05, 4.69) is 15.6 Å². The zero-order chi connectivity index (χ0) is 16.5. The van der Waals surface area contributed by atoms with E-state index in [9.17, 15) is 14.7 Å². The van der Waals surface area contributed by atoms with Crippen molar-refractivity contribution in [2.75, 3.05) is 13.6 Å². The Labute approximate surface area is 129 Å². The second-order valence-corrected chi connectivity index (χ2v) is 6.66. The smallest absolute Gasteiger partial charge is 0.248 e. The van der Waals surface area contributed by atoms with E-state index in [1.165, 1.54) is 22.8 Å². The molecule has 122 valence electrons. The number of hydrogen-bond donors (Lipinski definition) is 2. The van der Waals surface area contributed by atoms with Crippen molar-refractivity contribution in [3.63, 3.8) is 0 Å². The first kappa shape index (κ1) is 16.4. The lowest BCUT2D eigenvalue weighted by atomic mass is 9.85. The number of aliphatic hydroxyl groups excluding tert-OH is 1. The molecule has 3 atom stereocenters. The zero-order valence-electron chi connectivity index (χ0n) is 13.4. The van der Waals surface area contributed by atoms with Gasteiger partial charge in [-0.05, 0) is 5.41 Å². The molecule has 0 bridgehead atoms. The molecule has 0 aliphatic carbocycles. The number of amides is 2. The van der Waals surface area contributed by atoms with Crippen LogP contribution in [0, 0.1) is 5.41 Å². The molecule has 0 saturated carbocycles. The van der Waals surface area contributed by atoms with E-state index in [-0.39, 0.29) is 24.8 Å². The van der Waals surface area contributed by atoms with Gasteiger partial charge in [0, 0.05) is 26.2 Å². The number of likely N-dealkylation sites (N-methyl/N-ethyl adjacent to an activating group) is 1. The van der Waals surface area contributed by atoms with Crippen LogP contribution < -0.4 is 5.32 Å². The Morgan fingerprint density at radius 2 is 2.09 bits per heavy atom. The van der Waals surface area contributed by atoms with E-state index in [1.807, 2.05) is 20.8 Å². The van der Waals surface area contributed by atoms with Crippen molar-refractivity contribution < 1.29 is 14.7 Å². The van der Waals surface area contributed by atoms with E-state index in [4.69, 9.17) is 0 Å². The highest BCUT2D eigenvalue weighted by atomic mass is 16.3. The number of likely N-dealkylation sites (tertiary alicyclic amines) is 1. The third kappa shape index (κ3) is 3.11. The molecule has 0 radical (unpaired) electrons. The van der Waals surface area contributed by atoms with Gasteiger partial charge in [0.1, 0.15) is 12.1 Å². The predicted octanol–water partition coefficient (Wildman–Crippen LogP) is -0.427. The summed E-state index contributed by atoms with van der Waals surface area (Å²) in [6, 6.07) is -1.24. The van der Waals surface area contributed by atoms with Gasteiger partial charge in [-0.1, -0.05) is 26.0 Å². The summed E-state index contributed by atoms with van der Waals surface area (Å²) in [7, 11) is 1.52. The van der Waals surface area contributed by atoms with Crippen molar-refractivity contribution in [2.24, 2.45) is 5.41 Å². The van der Waals surface area contributed by atoms with Crippen molar-refractivity contribution in [3.05, 3.63) is 12.4 Å². The molecule has 2 N–H and O–H groups in total. The Morgan fingerprint density at radius 3 is 2.59 bits per heavy atom. The Kier molecular flexibility index (Phi) is 4.50. The van der Waals surface area contributed by atoms with Gasteiger partial charge in [0.25, 0.3) is 0 Å². The minimum Gasteiger partial charge on any atom is -0.391 e. The molecule has 2 unspecified atom stereocenters. The van der Waals surface area contributed by atoms with Gasteiger partial charge in [0.05, 0.1) is 12.3 Å². The molecular weight excluding hydrogens is 286 g/mol. The standard InChI is InChI=1S/C14H23N5O3/c1-14(2,3)11(19-6-5-16-17-19)13(22)18-8-9(20)7-10(18)12(21)15-4/h5-6,9-11,20H,7-8H2,1-4H3,(H,15,21)/t9?,10?,11-/m1/s1. The van der Waals surface area contributed by atoms with E-state index < -0.39 is 23.6 Å². The van der Waals surface area contributed by atoms with Gasteiger partial charge < -0.3 is 15.3 Å². The van der Waals surface area contributed by atoms with Gasteiger partial charge in [0.2, 0.25) is 11.8 Å². The minimum atomic E-state index is -0.692. The molecule has 1 saturated heterocycles. The highest BCUT2D eigenvalue weighted by Gasteiger charge is 2.44. The zero-order valence-corrected chi connectivity index (χ0v) is 13.4. The van der Waals surface area contributed by atoms with Crippen LogP contribution in [0.3, 0.4) is 0 Å². The highest BCUT2D eigenvalue weighted by molar-refractivity contribution is 5.90. The van der Waals surface area contributed by atoms with Crippen molar-refractivity contribution in [2.45, 2.75) is 45.4 Å². The number of aliphatic hydroxyl groups is 1. The molecule has 1 aliphatic rings. The maximum absolute atomic E-state index is 13.0. The fourth-order valence-corrected chi connectivity index (χ4v) is 2.87. The first-order chi connectivity index (χ1) is 10.3. The van der Waals surface area contributed by atoms with E-state index in [1.54, 1.807) is 6.20 Å². The molecule has 1 aromatic rings. The Hall–Kier alpha value is -1.96. The van der Waals surface area contributed by atoms with E-state index in [0.29, 0.717) is 0 Å². The van der Waals surface area contributed by atoms with E-state index >= 15 is 0 Å². The largest absolute Gasteiger partial charge is 0.391 e. The third-order valence-electron chi connectivity index (χ3n) is 3.87. The van der Waals surface area contributed by atoms with Crippen LogP contribution in [0.2, 0.25) is 0 Å². The fraction of sp³-hybridized carbons (Fsp3) is 0.714. The van der Waals surface area contributed by atoms with Gasteiger partial charge >= 0.3 is 0 Å². The number of β-amino-alcohol motifs (C(OH)–C–C–N with tert-alkyl or cyclic N) is 1. The van der Waals surface area contributed by atoms with Gasteiger partial charge in [-0.3, -0.25) is 9.59 Å². The van der Waals surface area contributed by atoms with Crippen LogP contribution in [0.25, 0.3) is 0 Å². The van der Waals surface area contributed by atoms with Gasteiger partial charge in [0.15, 0.2) is 0 Å². The van der Waals surface area contributed by atoms with Gasteiger partial charge in [-0.25, -0.2) is 4.68 Å². The molecule has 22 heavy (non-hydrogen) atoms. The molecule has 8 heteroatoms. The lowest BCUT2D eigenvalue weighted by Gasteiger charge is -2.34. The van der Waals surface area contributed by atoms with Crippen molar-refractivity contribution in [1.29, 1.82) is 0 Å². The average molecular weight is 309 g/mol. The molecule has 1 fully saturated rings. The summed E-state index contributed by atoms with van der Waals surface area (Å²) in [5.41, 5.74) is -0.411. The molecule has 8 nitrogen and oxygen atoms in total. The maximum Gasteiger partial charge on any atom is 0.248 e. The second kappa shape index (κ2) is 6.04. The minimum absolute atomic E-state index is 0.151. The molecule has 2 amide bonds. The monoisotopic (exact) mass is 309 g/mol. The van der Waals surface area contributed by atoms with Crippen molar-refractivity contribution in [1.82, 2.24) is 25.2 Å². The summed E-state index contributed by atoms with van der Waals surface area (Å²) >= 11 is 0. The van der Waals surface area contributed by atoms with Crippen LogP contribution in [0.1, 0.15) is 33.2 Å². The topological polar surface area (TPSA) is 100 Å².